The summed E-state index contributed by atoms with van der Waals surface area (Å²) in [7, 11) is 0. The van der Waals surface area contributed by atoms with Crippen molar-refractivity contribution in [1.29, 1.82) is 0 Å². The first-order chi connectivity index (χ1) is 7.75. The SMILES string of the molecule is O=S([O-])c1cccc(Sc2ccccc2)c1. The molecule has 1 atom stereocenters. The lowest BCUT2D eigenvalue weighted by Crippen LogP contribution is -1.87. The van der Waals surface area contributed by atoms with Crippen molar-refractivity contribution in [2.24, 2.45) is 0 Å². The monoisotopic (exact) mass is 249 g/mol. The molecule has 0 saturated heterocycles. The van der Waals surface area contributed by atoms with E-state index in [2.05, 4.69) is 0 Å². The van der Waals surface area contributed by atoms with Crippen LogP contribution < -0.4 is 0 Å². The molecule has 0 heterocycles. The lowest BCUT2D eigenvalue weighted by Gasteiger charge is -2.07. The fourth-order valence-electron chi connectivity index (χ4n) is 1.27. The van der Waals surface area contributed by atoms with Gasteiger partial charge in [0, 0.05) is 14.7 Å². The third-order valence-electron chi connectivity index (χ3n) is 1.98. The molecule has 0 aliphatic carbocycles. The van der Waals surface area contributed by atoms with E-state index < -0.39 is 11.1 Å². The van der Waals surface area contributed by atoms with Crippen LogP contribution in [0.2, 0.25) is 0 Å². The largest absolute Gasteiger partial charge is 0.768 e. The number of hydrogen-bond acceptors (Lipinski definition) is 3. The molecule has 4 heteroatoms. The summed E-state index contributed by atoms with van der Waals surface area (Å²) in [5, 5.41) is 0. The zero-order valence-electron chi connectivity index (χ0n) is 8.33. The van der Waals surface area contributed by atoms with Gasteiger partial charge < -0.3 is 4.55 Å². The van der Waals surface area contributed by atoms with Gasteiger partial charge in [0.25, 0.3) is 0 Å². The van der Waals surface area contributed by atoms with Crippen LogP contribution in [0.5, 0.6) is 0 Å². The summed E-state index contributed by atoms with van der Waals surface area (Å²) < 4.78 is 21.6. The average Bonchev–Trinajstić information content (AvgIpc) is 2.30. The Balaban J connectivity index is 2.22. The zero-order valence-corrected chi connectivity index (χ0v) is 9.96. The average molecular weight is 249 g/mol. The Hall–Kier alpha value is -1.10. The third kappa shape index (κ3) is 2.95. The smallest absolute Gasteiger partial charge is 0.0260 e. The van der Waals surface area contributed by atoms with E-state index in [1.54, 1.807) is 30.0 Å². The Morgan fingerprint density at radius 3 is 2.31 bits per heavy atom. The number of hydrogen-bond donors (Lipinski definition) is 0. The van der Waals surface area contributed by atoms with E-state index in [1.807, 2.05) is 36.4 Å². The van der Waals surface area contributed by atoms with Crippen molar-refractivity contribution in [1.82, 2.24) is 0 Å². The Morgan fingerprint density at radius 2 is 1.62 bits per heavy atom. The lowest BCUT2D eigenvalue weighted by molar-refractivity contribution is 0.537. The highest BCUT2D eigenvalue weighted by Crippen LogP contribution is 2.28. The van der Waals surface area contributed by atoms with Gasteiger partial charge in [0.05, 0.1) is 0 Å². The van der Waals surface area contributed by atoms with E-state index in [-0.39, 0.29) is 0 Å². The summed E-state index contributed by atoms with van der Waals surface area (Å²) in [6.45, 7) is 0. The maximum absolute atomic E-state index is 10.8. The van der Waals surface area contributed by atoms with Crippen LogP contribution in [0, 0.1) is 0 Å². The van der Waals surface area contributed by atoms with Crippen LogP contribution in [0.25, 0.3) is 0 Å². The topological polar surface area (TPSA) is 40.1 Å². The van der Waals surface area contributed by atoms with E-state index in [9.17, 15) is 8.76 Å². The van der Waals surface area contributed by atoms with Crippen molar-refractivity contribution in [2.75, 3.05) is 0 Å². The van der Waals surface area contributed by atoms with Crippen molar-refractivity contribution in [3.05, 3.63) is 54.6 Å². The van der Waals surface area contributed by atoms with Gasteiger partial charge in [-0.3, -0.25) is 4.21 Å². The minimum atomic E-state index is -2.16. The second kappa shape index (κ2) is 5.30. The minimum Gasteiger partial charge on any atom is -0.768 e. The maximum atomic E-state index is 10.8. The van der Waals surface area contributed by atoms with E-state index in [0.29, 0.717) is 4.90 Å². The molecule has 2 aromatic rings. The highest BCUT2D eigenvalue weighted by molar-refractivity contribution is 7.99. The second-order valence-electron chi connectivity index (χ2n) is 3.12. The highest BCUT2D eigenvalue weighted by atomic mass is 32.2. The molecule has 0 aliphatic rings. The predicted molar refractivity (Wildman–Crippen MR) is 64.2 cm³/mol. The van der Waals surface area contributed by atoms with E-state index in [0.717, 1.165) is 9.79 Å². The summed E-state index contributed by atoms with van der Waals surface area (Å²) in [6, 6.07) is 16.7. The van der Waals surface area contributed by atoms with E-state index >= 15 is 0 Å². The van der Waals surface area contributed by atoms with Gasteiger partial charge in [0.2, 0.25) is 0 Å². The van der Waals surface area contributed by atoms with Crippen molar-refractivity contribution < 1.29 is 8.76 Å². The van der Waals surface area contributed by atoms with Crippen LogP contribution in [0.4, 0.5) is 0 Å². The molecule has 2 nitrogen and oxygen atoms in total. The van der Waals surface area contributed by atoms with Crippen LogP contribution in [0.1, 0.15) is 0 Å². The fraction of sp³-hybridized carbons (Fsp3) is 0. The number of rotatable bonds is 3. The predicted octanol–water partition coefficient (Wildman–Crippen LogP) is 3.08. The van der Waals surface area contributed by atoms with E-state index in [1.165, 1.54) is 0 Å². The molecule has 0 radical (unpaired) electrons. The van der Waals surface area contributed by atoms with Gasteiger partial charge in [-0.05, 0) is 41.4 Å². The van der Waals surface area contributed by atoms with Gasteiger partial charge in [-0.2, -0.15) is 0 Å². The van der Waals surface area contributed by atoms with Gasteiger partial charge in [-0.1, -0.05) is 36.0 Å². The first-order valence-electron chi connectivity index (χ1n) is 4.68. The molecule has 2 rings (SSSR count). The van der Waals surface area contributed by atoms with Crippen molar-refractivity contribution in [3.63, 3.8) is 0 Å². The summed E-state index contributed by atoms with van der Waals surface area (Å²) in [6.07, 6.45) is 0. The standard InChI is InChI=1S/C12H10O2S2/c13-16(14)12-8-4-7-11(9-12)15-10-5-2-1-3-6-10/h1-9H,(H,13,14)/p-1. The molecule has 0 aliphatic heterocycles. The van der Waals surface area contributed by atoms with Crippen LogP contribution in [0.15, 0.2) is 69.3 Å². The normalized spacial score (nSPS) is 12.3. The Morgan fingerprint density at radius 1 is 0.938 bits per heavy atom. The van der Waals surface area contributed by atoms with Crippen LogP contribution in [-0.4, -0.2) is 8.76 Å². The summed E-state index contributed by atoms with van der Waals surface area (Å²) in [5.41, 5.74) is 0. The lowest BCUT2D eigenvalue weighted by atomic mass is 10.4. The van der Waals surface area contributed by atoms with Gasteiger partial charge >= 0.3 is 0 Å². The van der Waals surface area contributed by atoms with Gasteiger partial charge in [0.15, 0.2) is 0 Å². The maximum Gasteiger partial charge on any atom is 0.0260 e. The molecule has 1 unspecified atom stereocenters. The van der Waals surface area contributed by atoms with Crippen LogP contribution in [0.3, 0.4) is 0 Å². The Bertz CT molecular complexity index is 497. The highest BCUT2D eigenvalue weighted by Gasteiger charge is 1.98. The molecular weight excluding hydrogens is 240 g/mol. The summed E-state index contributed by atoms with van der Waals surface area (Å²) >= 11 is -0.615. The second-order valence-corrected chi connectivity index (χ2v) is 5.21. The minimum absolute atomic E-state index is 0.320. The molecular formula is C12H9O2S2-. The van der Waals surface area contributed by atoms with Gasteiger partial charge in [0.1, 0.15) is 0 Å². The van der Waals surface area contributed by atoms with E-state index in [4.69, 9.17) is 0 Å². The molecule has 0 aromatic heterocycles. The summed E-state index contributed by atoms with van der Waals surface area (Å²) in [4.78, 5) is 2.34. The van der Waals surface area contributed by atoms with Crippen molar-refractivity contribution in [3.8, 4) is 0 Å². The Kier molecular flexibility index (Phi) is 3.77. The van der Waals surface area contributed by atoms with Crippen molar-refractivity contribution in [2.45, 2.75) is 14.7 Å². The Labute approximate surface area is 101 Å². The molecule has 0 saturated carbocycles. The van der Waals surface area contributed by atoms with Crippen LogP contribution >= 0.6 is 11.8 Å². The van der Waals surface area contributed by atoms with Gasteiger partial charge in [-0.25, -0.2) is 0 Å². The molecule has 0 N–H and O–H groups in total. The molecule has 0 fully saturated rings. The summed E-state index contributed by atoms with van der Waals surface area (Å²) in [5.74, 6) is 0. The molecule has 0 bridgehead atoms. The van der Waals surface area contributed by atoms with Crippen LogP contribution in [-0.2, 0) is 11.1 Å². The molecule has 2 aromatic carbocycles. The molecule has 82 valence electrons. The zero-order chi connectivity index (χ0) is 11.4. The molecule has 16 heavy (non-hydrogen) atoms. The molecule has 0 spiro atoms. The first kappa shape index (κ1) is 11.4. The third-order valence-corrected chi connectivity index (χ3v) is 3.61. The fourth-order valence-corrected chi connectivity index (χ4v) is 2.65. The number of benzene rings is 2. The quantitative estimate of drug-likeness (QED) is 0.785. The molecule has 0 amide bonds. The first-order valence-corrected chi connectivity index (χ1v) is 6.57. The van der Waals surface area contributed by atoms with Crippen molar-refractivity contribution >= 4 is 22.8 Å². The van der Waals surface area contributed by atoms with Gasteiger partial charge in [-0.15, -0.1) is 0 Å².